The molecule has 0 spiro atoms. The summed E-state index contributed by atoms with van der Waals surface area (Å²) in [5.74, 6) is 2.17. The second-order valence-electron chi connectivity index (χ2n) is 5.08. The van der Waals surface area contributed by atoms with Gasteiger partial charge in [0, 0.05) is 22.5 Å². The molecule has 0 aliphatic heterocycles. The number of thioether (sulfide) groups is 1. The lowest BCUT2D eigenvalue weighted by Crippen LogP contribution is -2.06. The van der Waals surface area contributed by atoms with E-state index in [9.17, 15) is 4.79 Å². The highest BCUT2D eigenvalue weighted by molar-refractivity contribution is 9.10. The normalized spacial score (nSPS) is 14.4. The summed E-state index contributed by atoms with van der Waals surface area (Å²) in [6, 6.07) is 7.45. The Morgan fingerprint density at radius 1 is 1.33 bits per heavy atom. The molecule has 1 aromatic heterocycles. The van der Waals surface area contributed by atoms with Gasteiger partial charge in [-0.05, 0) is 31.9 Å². The van der Waals surface area contributed by atoms with Crippen molar-refractivity contribution in [3.8, 4) is 0 Å². The van der Waals surface area contributed by atoms with Crippen LogP contribution in [0.4, 0.5) is 0 Å². The smallest absolute Gasteiger partial charge is 0.191 e. The molecule has 0 unspecified atom stereocenters. The highest BCUT2D eigenvalue weighted by Gasteiger charge is 2.30. The van der Waals surface area contributed by atoms with Crippen LogP contribution >= 0.6 is 27.7 Å². The summed E-state index contributed by atoms with van der Waals surface area (Å²) in [6.07, 6.45) is 2.42. The summed E-state index contributed by atoms with van der Waals surface area (Å²) >= 11 is 4.85. The largest absolute Gasteiger partial charge is 0.306 e. The summed E-state index contributed by atoms with van der Waals surface area (Å²) in [4.78, 5) is 12.2. The van der Waals surface area contributed by atoms with E-state index >= 15 is 0 Å². The van der Waals surface area contributed by atoms with Crippen LogP contribution in [0.15, 0.2) is 33.9 Å². The number of hydrogen-bond acceptors (Lipinski definition) is 4. The summed E-state index contributed by atoms with van der Waals surface area (Å²) in [5, 5.41) is 9.38. The molecular weight excluding hydrogens is 350 g/mol. The molecule has 110 valence electrons. The molecule has 0 saturated heterocycles. The number of nitrogens with zero attached hydrogens (tertiary/aromatic N) is 3. The van der Waals surface area contributed by atoms with Crippen molar-refractivity contribution in [2.75, 3.05) is 5.75 Å². The predicted octanol–water partition coefficient (Wildman–Crippen LogP) is 3.91. The number of Topliss-reactive ketones (excluding diaryl/α,β-unsaturated/α-hetero) is 1. The molecule has 6 heteroatoms. The van der Waals surface area contributed by atoms with Gasteiger partial charge < -0.3 is 4.57 Å². The summed E-state index contributed by atoms with van der Waals surface area (Å²) in [5.41, 5.74) is 0.732. The van der Waals surface area contributed by atoms with Crippen LogP contribution in [0.25, 0.3) is 0 Å². The van der Waals surface area contributed by atoms with Crippen molar-refractivity contribution in [3.63, 3.8) is 0 Å². The highest BCUT2D eigenvalue weighted by Crippen LogP contribution is 2.40. The van der Waals surface area contributed by atoms with Crippen molar-refractivity contribution in [1.29, 1.82) is 0 Å². The molecule has 0 bridgehead atoms. The molecule has 1 aliphatic rings. The Morgan fingerprint density at radius 2 is 2.05 bits per heavy atom. The molecular formula is C15H16BrN3OS. The lowest BCUT2D eigenvalue weighted by molar-refractivity contribution is 0.102. The van der Waals surface area contributed by atoms with E-state index in [-0.39, 0.29) is 5.78 Å². The first kappa shape index (κ1) is 14.8. The fourth-order valence-corrected chi connectivity index (χ4v) is 3.37. The van der Waals surface area contributed by atoms with Gasteiger partial charge in [0.1, 0.15) is 5.82 Å². The van der Waals surface area contributed by atoms with Crippen LogP contribution in [0, 0.1) is 0 Å². The van der Waals surface area contributed by atoms with E-state index in [4.69, 9.17) is 0 Å². The molecule has 1 heterocycles. The third-order valence-electron chi connectivity index (χ3n) is 3.50. The van der Waals surface area contributed by atoms with Gasteiger partial charge in [-0.15, -0.1) is 10.2 Å². The number of halogens is 1. The Labute approximate surface area is 136 Å². The second-order valence-corrected chi connectivity index (χ2v) is 6.94. The Morgan fingerprint density at radius 3 is 2.67 bits per heavy atom. The van der Waals surface area contributed by atoms with Crippen LogP contribution < -0.4 is 0 Å². The third-order valence-corrected chi connectivity index (χ3v) is 5.00. The average molecular weight is 366 g/mol. The lowest BCUT2D eigenvalue weighted by atomic mass is 10.2. The minimum absolute atomic E-state index is 0.117. The highest BCUT2D eigenvalue weighted by atomic mass is 79.9. The van der Waals surface area contributed by atoms with Crippen molar-refractivity contribution in [2.45, 2.75) is 37.4 Å². The zero-order chi connectivity index (χ0) is 14.8. The first-order valence-corrected chi connectivity index (χ1v) is 8.81. The van der Waals surface area contributed by atoms with Crippen molar-refractivity contribution >= 4 is 33.5 Å². The Kier molecular flexibility index (Phi) is 4.45. The maximum Gasteiger partial charge on any atom is 0.191 e. The minimum atomic E-state index is 0.117. The molecule has 1 aliphatic carbocycles. The average Bonchev–Trinajstić information content (AvgIpc) is 3.25. The monoisotopic (exact) mass is 365 g/mol. The molecule has 21 heavy (non-hydrogen) atoms. The quantitative estimate of drug-likeness (QED) is 0.575. The molecule has 1 aromatic carbocycles. The maximum absolute atomic E-state index is 12.2. The molecule has 1 fully saturated rings. The number of benzene rings is 1. The zero-order valence-electron chi connectivity index (χ0n) is 11.8. The van der Waals surface area contributed by atoms with Crippen molar-refractivity contribution in [3.05, 3.63) is 40.1 Å². The molecule has 4 nitrogen and oxygen atoms in total. The van der Waals surface area contributed by atoms with Crippen molar-refractivity contribution in [2.24, 2.45) is 0 Å². The van der Waals surface area contributed by atoms with Crippen molar-refractivity contribution < 1.29 is 4.79 Å². The van der Waals surface area contributed by atoms with Crippen LogP contribution in [0.1, 0.15) is 41.9 Å². The summed E-state index contributed by atoms with van der Waals surface area (Å²) < 4.78 is 3.11. The number of rotatable bonds is 6. The third kappa shape index (κ3) is 3.37. The van der Waals surface area contributed by atoms with Gasteiger partial charge in [0.2, 0.25) is 0 Å². The van der Waals surface area contributed by atoms with Gasteiger partial charge in [-0.25, -0.2) is 0 Å². The first-order chi connectivity index (χ1) is 10.2. The van der Waals surface area contributed by atoms with Gasteiger partial charge >= 0.3 is 0 Å². The first-order valence-electron chi connectivity index (χ1n) is 7.03. The zero-order valence-corrected chi connectivity index (χ0v) is 14.2. The van der Waals surface area contributed by atoms with E-state index in [0.29, 0.717) is 11.7 Å². The minimum Gasteiger partial charge on any atom is -0.306 e. The van der Waals surface area contributed by atoms with Gasteiger partial charge in [-0.1, -0.05) is 39.8 Å². The predicted molar refractivity (Wildman–Crippen MR) is 86.9 cm³/mol. The molecule has 2 aromatic rings. The summed E-state index contributed by atoms with van der Waals surface area (Å²) in [7, 11) is 0. The Balaban J connectivity index is 1.67. The standard InChI is InChI=1S/C15H16BrN3OS/c1-2-19-14(11-3-4-11)17-18-15(19)21-9-13(20)10-5-7-12(16)8-6-10/h5-8,11H,2-4,9H2,1H3. The molecule has 0 radical (unpaired) electrons. The van der Waals surface area contributed by atoms with Crippen LogP contribution in [0.2, 0.25) is 0 Å². The number of carbonyl (C=O) groups excluding carboxylic acids is 1. The van der Waals surface area contributed by atoms with E-state index in [1.165, 1.54) is 24.6 Å². The SMILES string of the molecule is CCn1c(SCC(=O)c2ccc(Br)cc2)nnc1C1CC1. The lowest BCUT2D eigenvalue weighted by Gasteiger charge is -2.06. The van der Waals surface area contributed by atoms with E-state index in [1.54, 1.807) is 0 Å². The van der Waals surface area contributed by atoms with Crippen LogP contribution in [-0.4, -0.2) is 26.3 Å². The van der Waals surface area contributed by atoms with Crippen LogP contribution in [-0.2, 0) is 6.54 Å². The molecule has 1 saturated carbocycles. The summed E-state index contributed by atoms with van der Waals surface area (Å²) in [6.45, 7) is 2.95. The number of hydrogen-bond donors (Lipinski definition) is 0. The van der Waals surface area contributed by atoms with Gasteiger partial charge in [0.05, 0.1) is 5.75 Å². The second kappa shape index (κ2) is 6.32. The molecule has 0 amide bonds. The molecule has 0 atom stereocenters. The Bertz CT molecular complexity index is 649. The van der Waals surface area contributed by atoms with Gasteiger partial charge in [-0.3, -0.25) is 4.79 Å². The van der Waals surface area contributed by atoms with E-state index in [0.717, 1.165) is 27.6 Å². The fraction of sp³-hybridized carbons (Fsp3) is 0.400. The van der Waals surface area contributed by atoms with Crippen molar-refractivity contribution in [1.82, 2.24) is 14.8 Å². The molecule has 3 rings (SSSR count). The maximum atomic E-state index is 12.2. The number of carbonyl (C=O) groups is 1. The van der Waals surface area contributed by atoms with Crippen LogP contribution in [0.3, 0.4) is 0 Å². The number of aromatic nitrogens is 3. The topological polar surface area (TPSA) is 47.8 Å². The van der Waals surface area contributed by atoms with Gasteiger partial charge in [0.15, 0.2) is 10.9 Å². The van der Waals surface area contributed by atoms with E-state index in [1.807, 2.05) is 24.3 Å². The van der Waals surface area contributed by atoms with Gasteiger partial charge in [0.25, 0.3) is 0 Å². The van der Waals surface area contributed by atoms with Gasteiger partial charge in [-0.2, -0.15) is 0 Å². The van der Waals surface area contributed by atoms with E-state index < -0.39 is 0 Å². The van der Waals surface area contributed by atoms with Crippen LogP contribution in [0.5, 0.6) is 0 Å². The molecule has 0 N–H and O–H groups in total. The Hall–Kier alpha value is -1.14. The number of ketones is 1. The fourth-order valence-electron chi connectivity index (χ4n) is 2.20. The van der Waals surface area contributed by atoms with E-state index in [2.05, 4.69) is 37.6 Å².